The van der Waals surface area contributed by atoms with Crippen LogP contribution in [0.4, 0.5) is 4.39 Å². The zero-order valence-electron chi connectivity index (χ0n) is 11.2. The molecule has 0 aliphatic carbocycles. The molecule has 0 bridgehead atoms. The molecule has 0 aliphatic heterocycles. The normalized spacial score (nSPS) is 13.9. The molecule has 0 aromatic heterocycles. The summed E-state index contributed by atoms with van der Waals surface area (Å²) in [6.45, 7) is 1.79. The number of nitrogens with two attached hydrogens (primary N) is 1. The van der Waals surface area contributed by atoms with Gasteiger partial charge in [0.25, 0.3) is 0 Å². The van der Waals surface area contributed by atoms with E-state index in [4.69, 9.17) is 10.5 Å². The number of methoxy groups -OCH3 is 1. The third-order valence-corrected chi connectivity index (χ3v) is 3.29. The first kappa shape index (κ1) is 13.6. The lowest BCUT2D eigenvalue weighted by molar-refractivity contribution is 0.224. The second-order valence-electron chi connectivity index (χ2n) is 4.58. The van der Waals surface area contributed by atoms with Crippen LogP contribution >= 0.6 is 0 Å². The van der Waals surface area contributed by atoms with Crippen molar-refractivity contribution in [1.82, 2.24) is 0 Å². The quantitative estimate of drug-likeness (QED) is 0.915. The van der Waals surface area contributed by atoms with Crippen LogP contribution in [0, 0.1) is 6.92 Å². The van der Waals surface area contributed by atoms with Gasteiger partial charge in [-0.25, -0.2) is 4.39 Å². The van der Waals surface area contributed by atoms with Gasteiger partial charge in [-0.1, -0.05) is 42.0 Å². The van der Waals surface area contributed by atoms with E-state index in [1.807, 2.05) is 31.2 Å². The molecule has 19 heavy (non-hydrogen) atoms. The maximum absolute atomic E-state index is 15.4. The molecule has 2 N–H and O–H groups in total. The average Bonchev–Trinajstić information content (AvgIpc) is 2.47. The molecule has 3 heteroatoms. The van der Waals surface area contributed by atoms with Crippen molar-refractivity contribution in [2.45, 2.75) is 12.6 Å². The summed E-state index contributed by atoms with van der Waals surface area (Å²) in [4.78, 5) is 0. The first-order valence-corrected chi connectivity index (χ1v) is 6.21. The summed E-state index contributed by atoms with van der Waals surface area (Å²) < 4.78 is 20.7. The monoisotopic (exact) mass is 259 g/mol. The molecule has 0 fully saturated rings. The Morgan fingerprint density at radius 3 is 2.42 bits per heavy atom. The molecule has 0 saturated heterocycles. The summed E-state index contributed by atoms with van der Waals surface area (Å²) in [5, 5.41) is 0. The number of ether oxygens (including phenoxy) is 1. The van der Waals surface area contributed by atoms with Gasteiger partial charge >= 0.3 is 0 Å². The minimum Gasteiger partial charge on any atom is -0.496 e. The van der Waals surface area contributed by atoms with E-state index in [9.17, 15) is 0 Å². The van der Waals surface area contributed by atoms with Gasteiger partial charge < -0.3 is 10.5 Å². The van der Waals surface area contributed by atoms with E-state index in [0.29, 0.717) is 16.9 Å². The number of halogens is 1. The van der Waals surface area contributed by atoms with E-state index >= 15 is 4.39 Å². The Morgan fingerprint density at radius 2 is 1.84 bits per heavy atom. The van der Waals surface area contributed by atoms with E-state index in [-0.39, 0.29) is 6.54 Å². The van der Waals surface area contributed by atoms with Crippen molar-refractivity contribution >= 4 is 0 Å². The molecule has 2 aromatic rings. The van der Waals surface area contributed by atoms with Crippen LogP contribution in [0.1, 0.15) is 16.7 Å². The highest BCUT2D eigenvalue weighted by Crippen LogP contribution is 2.38. The minimum atomic E-state index is -1.74. The van der Waals surface area contributed by atoms with Crippen molar-refractivity contribution in [1.29, 1.82) is 0 Å². The predicted molar refractivity (Wildman–Crippen MR) is 75.1 cm³/mol. The lowest BCUT2D eigenvalue weighted by Crippen LogP contribution is -2.32. The van der Waals surface area contributed by atoms with Crippen molar-refractivity contribution in [2.75, 3.05) is 13.7 Å². The summed E-state index contributed by atoms with van der Waals surface area (Å²) in [5.74, 6) is 0.516. The number of hydrogen-bond donors (Lipinski definition) is 1. The molecule has 2 rings (SSSR count). The Kier molecular flexibility index (Phi) is 3.86. The molecule has 0 heterocycles. The zero-order valence-corrected chi connectivity index (χ0v) is 11.2. The summed E-state index contributed by atoms with van der Waals surface area (Å²) >= 11 is 0. The standard InChI is InChI=1S/C16H18FNO/c1-12-8-9-15(19-2)14(10-12)16(17,11-18)13-6-4-3-5-7-13/h3-10H,11,18H2,1-2H3. The fourth-order valence-electron chi connectivity index (χ4n) is 2.22. The highest BCUT2D eigenvalue weighted by molar-refractivity contribution is 5.47. The van der Waals surface area contributed by atoms with Crippen LogP contribution in [0.25, 0.3) is 0 Å². The fourth-order valence-corrected chi connectivity index (χ4v) is 2.22. The molecule has 1 atom stereocenters. The smallest absolute Gasteiger partial charge is 0.176 e. The maximum Gasteiger partial charge on any atom is 0.176 e. The number of alkyl halides is 1. The zero-order chi connectivity index (χ0) is 13.9. The van der Waals surface area contributed by atoms with Crippen molar-refractivity contribution in [3.8, 4) is 5.75 Å². The van der Waals surface area contributed by atoms with Crippen LogP contribution in [-0.4, -0.2) is 13.7 Å². The number of hydrogen-bond acceptors (Lipinski definition) is 2. The first-order valence-electron chi connectivity index (χ1n) is 6.21. The van der Waals surface area contributed by atoms with E-state index < -0.39 is 5.67 Å². The molecule has 0 saturated carbocycles. The van der Waals surface area contributed by atoms with Gasteiger partial charge in [0.05, 0.1) is 7.11 Å². The van der Waals surface area contributed by atoms with Crippen LogP contribution in [0.15, 0.2) is 48.5 Å². The molecule has 0 amide bonds. The molecular weight excluding hydrogens is 241 g/mol. The summed E-state index contributed by atoms with van der Waals surface area (Å²) in [6.07, 6.45) is 0. The molecule has 0 radical (unpaired) electrons. The predicted octanol–water partition coefficient (Wildman–Crippen LogP) is 3.18. The van der Waals surface area contributed by atoms with Crippen molar-refractivity contribution in [3.05, 3.63) is 65.2 Å². The van der Waals surface area contributed by atoms with Gasteiger partial charge in [-0.3, -0.25) is 0 Å². The molecule has 100 valence electrons. The lowest BCUT2D eigenvalue weighted by Gasteiger charge is -2.27. The van der Waals surface area contributed by atoms with Gasteiger partial charge in [0.15, 0.2) is 5.67 Å². The Balaban J connectivity index is 2.62. The van der Waals surface area contributed by atoms with Crippen LogP contribution in [0.5, 0.6) is 5.75 Å². The van der Waals surface area contributed by atoms with Gasteiger partial charge in [0.1, 0.15) is 5.75 Å². The summed E-state index contributed by atoms with van der Waals surface area (Å²) in [5.41, 5.74) is 5.97. The molecule has 2 nitrogen and oxygen atoms in total. The largest absolute Gasteiger partial charge is 0.496 e. The molecule has 2 aromatic carbocycles. The maximum atomic E-state index is 15.4. The average molecular weight is 259 g/mol. The van der Waals surface area contributed by atoms with Gasteiger partial charge in [0.2, 0.25) is 0 Å². The van der Waals surface area contributed by atoms with E-state index in [1.54, 1.807) is 24.3 Å². The number of rotatable bonds is 4. The second kappa shape index (κ2) is 5.41. The van der Waals surface area contributed by atoms with Crippen LogP contribution in [0.3, 0.4) is 0 Å². The summed E-state index contributed by atoms with van der Waals surface area (Å²) in [6, 6.07) is 14.4. The summed E-state index contributed by atoms with van der Waals surface area (Å²) in [7, 11) is 1.54. The van der Waals surface area contributed by atoms with Crippen LogP contribution < -0.4 is 10.5 Å². The van der Waals surface area contributed by atoms with E-state index in [0.717, 1.165) is 5.56 Å². The van der Waals surface area contributed by atoms with Gasteiger partial charge in [-0.2, -0.15) is 0 Å². The van der Waals surface area contributed by atoms with Gasteiger partial charge in [-0.05, 0) is 24.6 Å². The highest BCUT2D eigenvalue weighted by Gasteiger charge is 2.35. The topological polar surface area (TPSA) is 35.2 Å². The Bertz CT molecular complexity index is 556. The third kappa shape index (κ3) is 2.47. The number of benzene rings is 2. The lowest BCUT2D eigenvalue weighted by atomic mass is 9.86. The SMILES string of the molecule is COc1ccc(C)cc1C(F)(CN)c1ccccc1. The molecule has 0 aliphatic rings. The van der Waals surface area contributed by atoms with Crippen LogP contribution in [-0.2, 0) is 5.67 Å². The Morgan fingerprint density at radius 1 is 1.16 bits per heavy atom. The Labute approximate surface area is 113 Å². The van der Waals surface area contributed by atoms with Crippen molar-refractivity contribution in [2.24, 2.45) is 5.73 Å². The second-order valence-corrected chi connectivity index (χ2v) is 4.58. The van der Waals surface area contributed by atoms with E-state index in [1.165, 1.54) is 7.11 Å². The minimum absolute atomic E-state index is 0.128. The van der Waals surface area contributed by atoms with Crippen molar-refractivity contribution < 1.29 is 9.13 Å². The molecular formula is C16H18FNO. The van der Waals surface area contributed by atoms with Gasteiger partial charge in [0, 0.05) is 12.1 Å². The highest BCUT2D eigenvalue weighted by atomic mass is 19.1. The Hall–Kier alpha value is -1.87. The van der Waals surface area contributed by atoms with E-state index in [2.05, 4.69) is 0 Å². The van der Waals surface area contributed by atoms with Crippen LogP contribution in [0.2, 0.25) is 0 Å². The van der Waals surface area contributed by atoms with Gasteiger partial charge in [-0.15, -0.1) is 0 Å². The fraction of sp³-hybridized carbons (Fsp3) is 0.250. The third-order valence-electron chi connectivity index (χ3n) is 3.29. The molecule has 1 unspecified atom stereocenters. The first-order chi connectivity index (χ1) is 9.11. The van der Waals surface area contributed by atoms with Crippen molar-refractivity contribution in [3.63, 3.8) is 0 Å². The molecule has 0 spiro atoms. The number of aryl methyl sites for hydroxylation is 1.